The fraction of sp³-hybridized carbons (Fsp3) is 0.294. The first kappa shape index (κ1) is 9.47. The maximum atomic E-state index is 2.42. The van der Waals surface area contributed by atoms with E-state index in [0.29, 0.717) is 0 Å². The highest BCUT2D eigenvalue weighted by Gasteiger charge is 2.57. The van der Waals surface area contributed by atoms with Crippen LogP contribution in [0.15, 0.2) is 60.2 Å². The number of hydrogen-bond acceptors (Lipinski definition) is 0. The fourth-order valence-electron chi connectivity index (χ4n) is 4.03. The number of rotatable bonds is 0. The molecule has 0 bridgehead atoms. The van der Waals surface area contributed by atoms with E-state index in [9.17, 15) is 0 Å². The predicted molar refractivity (Wildman–Crippen MR) is 70.9 cm³/mol. The molecule has 3 aliphatic carbocycles. The molecule has 84 valence electrons. The van der Waals surface area contributed by atoms with Crippen molar-refractivity contribution in [1.82, 2.24) is 0 Å². The summed E-state index contributed by atoms with van der Waals surface area (Å²) in [7, 11) is 0. The molecule has 0 aliphatic heterocycles. The summed E-state index contributed by atoms with van der Waals surface area (Å²) in [6, 6.07) is 8.97. The molecule has 0 fully saturated rings. The lowest BCUT2D eigenvalue weighted by molar-refractivity contribution is 0.248. The molecular formula is C17H16. The minimum Gasteiger partial charge on any atom is -0.0758 e. The maximum Gasteiger partial charge on any atom is 0.0470 e. The van der Waals surface area contributed by atoms with E-state index in [1.165, 1.54) is 29.5 Å². The van der Waals surface area contributed by atoms with Gasteiger partial charge in [-0.1, -0.05) is 60.2 Å². The third kappa shape index (κ3) is 0.878. The molecule has 0 spiro atoms. The van der Waals surface area contributed by atoms with Crippen molar-refractivity contribution in [2.24, 2.45) is 5.41 Å². The van der Waals surface area contributed by atoms with Crippen LogP contribution in [0, 0.1) is 5.41 Å². The van der Waals surface area contributed by atoms with E-state index in [0.717, 1.165) is 0 Å². The first-order valence-electron chi connectivity index (χ1n) is 6.44. The normalized spacial score (nSPS) is 36.4. The van der Waals surface area contributed by atoms with Crippen LogP contribution in [0.5, 0.6) is 0 Å². The molecule has 0 saturated heterocycles. The van der Waals surface area contributed by atoms with E-state index >= 15 is 0 Å². The van der Waals surface area contributed by atoms with E-state index < -0.39 is 0 Å². The second kappa shape index (κ2) is 2.81. The van der Waals surface area contributed by atoms with Crippen molar-refractivity contribution < 1.29 is 0 Å². The topological polar surface area (TPSA) is 0 Å². The molecule has 2 atom stereocenters. The molecule has 0 N–H and O–H groups in total. The lowest BCUT2D eigenvalue weighted by Gasteiger charge is -2.58. The Kier molecular flexibility index (Phi) is 1.57. The zero-order valence-electron chi connectivity index (χ0n) is 10.1. The lowest BCUT2D eigenvalue weighted by atomic mass is 9.44. The second-order valence-corrected chi connectivity index (χ2v) is 5.55. The monoisotopic (exact) mass is 220 g/mol. The van der Waals surface area contributed by atoms with E-state index in [-0.39, 0.29) is 10.8 Å². The Balaban J connectivity index is 2.06. The molecular weight excluding hydrogens is 204 g/mol. The highest BCUT2D eigenvalue weighted by atomic mass is 14.6. The Morgan fingerprint density at radius 3 is 2.76 bits per heavy atom. The summed E-state index contributed by atoms with van der Waals surface area (Å²) in [5, 5.41) is 0. The lowest BCUT2D eigenvalue weighted by Crippen LogP contribution is -2.53. The summed E-state index contributed by atoms with van der Waals surface area (Å²) < 4.78 is 0. The summed E-state index contributed by atoms with van der Waals surface area (Å²) >= 11 is 0. The van der Waals surface area contributed by atoms with Crippen LogP contribution in [0.1, 0.15) is 24.5 Å². The third-order valence-corrected chi connectivity index (χ3v) is 4.98. The van der Waals surface area contributed by atoms with E-state index in [2.05, 4.69) is 61.6 Å². The maximum absolute atomic E-state index is 2.42. The van der Waals surface area contributed by atoms with Gasteiger partial charge in [-0.3, -0.25) is 0 Å². The quantitative estimate of drug-likeness (QED) is 0.581. The number of fused-ring (bicyclic) bond motifs is 1. The van der Waals surface area contributed by atoms with Gasteiger partial charge < -0.3 is 0 Å². The van der Waals surface area contributed by atoms with Gasteiger partial charge in [-0.15, -0.1) is 0 Å². The van der Waals surface area contributed by atoms with Crippen LogP contribution in [-0.4, -0.2) is 0 Å². The Bertz CT molecular complexity index is 588. The van der Waals surface area contributed by atoms with Crippen molar-refractivity contribution in [2.45, 2.75) is 25.2 Å². The van der Waals surface area contributed by atoms with Crippen LogP contribution in [0.2, 0.25) is 0 Å². The van der Waals surface area contributed by atoms with Crippen molar-refractivity contribution in [3.63, 3.8) is 0 Å². The molecule has 1 aromatic rings. The number of allylic oxidation sites excluding steroid dienone is 6. The van der Waals surface area contributed by atoms with Gasteiger partial charge in [0.1, 0.15) is 0 Å². The van der Waals surface area contributed by atoms with Gasteiger partial charge >= 0.3 is 0 Å². The first-order valence-corrected chi connectivity index (χ1v) is 6.44. The summed E-state index contributed by atoms with van der Waals surface area (Å²) in [6.07, 6.45) is 14.2. The molecule has 0 amide bonds. The standard InChI is InChI=1S/C17H16/c1-13-5-4-9-16-10-8-14-6-2-3-7-15(14)17(13,16)12-11-16/h2-7,9,11-12H,8,10H2,1H3. The molecule has 0 heteroatoms. The van der Waals surface area contributed by atoms with Crippen molar-refractivity contribution >= 4 is 0 Å². The van der Waals surface area contributed by atoms with E-state index in [4.69, 9.17) is 0 Å². The van der Waals surface area contributed by atoms with Gasteiger partial charge in [0.15, 0.2) is 0 Å². The number of benzene rings is 1. The molecule has 17 heavy (non-hydrogen) atoms. The largest absolute Gasteiger partial charge is 0.0758 e. The van der Waals surface area contributed by atoms with Crippen LogP contribution in [0.4, 0.5) is 0 Å². The average Bonchev–Trinajstić information content (AvgIpc) is 2.32. The highest BCUT2D eigenvalue weighted by Crippen LogP contribution is 2.63. The van der Waals surface area contributed by atoms with Crippen molar-refractivity contribution in [3.8, 4) is 0 Å². The van der Waals surface area contributed by atoms with Gasteiger partial charge in [0.25, 0.3) is 0 Å². The molecule has 0 nitrogen and oxygen atoms in total. The van der Waals surface area contributed by atoms with Crippen LogP contribution in [0.3, 0.4) is 0 Å². The molecule has 0 aromatic heterocycles. The Morgan fingerprint density at radius 1 is 1.06 bits per heavy atom. The minimum absolute atomic E-state index is 0.177. The third-order valence-electron chi connectivity index (χ3n) is 4.98. The van der Waals surface area contributed by atoms with Gasteiger partial charge in [0.2, 0.25) is 0 Å². The second-order valence-electron chi connectivity index (χ2n) is 5.55. The van der Waals surface area contributed by atoms with E-state index in [1.807, 2.05) is 0 Å². The first-order chi connectivity index (χ1) is 8.29. The summed E-state index contributed by atoms with van der Waals surface area (Å²) in [5.74, 6) is 0. The zero-order chi connectivity index (χ0) is 11.5. The average molecular weight is 220 g/mol. The minimum atomic E-state index is 0.177. The van der Waals surface area contributed by atoms with Crippen molar-refractivity contribution in [2.75, 3.05) is 0 Å². The molecule has 0 radical (unpaired) electrons. The van der Waals surface area contributed by atoms with Crippen molar-refractivity contribution in [1.29, 1.82) is 0 Å². The highest BCUT2D eigenvalue weighted by molar-refractivity contribution is 5.62. The smallest absolute Gasteiger partial charge is 0.0470 e. The summed E-state index contributed by atoms with van der Waals surface area (Å²) in [6.45, 7) is 2.28. The van der Waals surface area contributed by atoms with Gasteiger partial charge in [-0.05, 0) is 30.9 Å². The Morgan fingerprint density at radius 2 is 1.94 bits per heavy atom. The Labute approximate surface area is 102 Å². The van der Waals surface area contributed by atoms with Crippen LogP contribution < -0.4 is 0 Å². The molecule has 2 unspecified atom stereocenters. The fourth-order valence-corrected chi connectivity index (χ4v) is 4.03. The van der Waals surface area contributed by atoms with Crippen molar-refractivity contribution in [3.05, 3.63) is 71.3 Å². The SMILES string of the molecule is CC1=CC=CC23C=CC12c1ccccc1CC3. The van der Waals surface area contributed by atoms with Gasteiger partial charge in [0, 0.05) is 10.8 Å². The molecule has 1 aromatic carbocycles. The predicted octanol–water partition coefficient (Wildman–Crippen LogP) is 3.94. The van der Waals surface area contributed by atoms with Crippen LogP contribution in [-0.2, 0) is 11.8 Å². The van der Waals surface area contributed by atoms with E-state index in [1.54, 1.807) is 0 Å². The molecule has 4 rings (SSSR count). The zero-order valence-corrected chi connectivity index (χ0v) is 10.1. The molecule has 0 saturated carbocycles. The van der Waals surface area contributed by atoms with Crippen LogP contribution in [0.25, 0.3) is 0 Å². The Hall–Kier alpha value is -1.56. The van der Waals surface area contributed by atoms with Gasteiger partial charge in [-0.25, -0.2) is 0 Å². The van der Waals surface area contributed by atoms with Crippen LogP contribution >= 0.6 is 0 Å². The number of aryl methyl sites for hydroxylation is 1. The summed E-state index contributed by atoms with van der Waals surface area (Å²) in [4.78, 5) is 0. The van der Waals surface area contributed by atoms with Gasteiger partial charge in [0.05, 0.1) is 0 Å². The summed E-state index contributed by atoms with van der Waals surface area (Å²) in [5.41, 5.74) is 5.02. The molecule has 3 aliphatic rings. The molecule has 0 heterocycles. The number of hydrogen-bond donors (Lipinski definition) is 0. The van der Waals surface area contributed by atoms with Gasteiger partial charge in [-0.2, -0.15) is 0 Å².